The fourth-order valence-electron chi connectivity index (χ4n) is 2.41. The molecule has 0 aliphatic rings. The summed E-state index contributed by atoms with van der Waals surface area (Å²) < 4.78 is 27.6. The van der Waals surface area contributed by atoms with Gasteiger partial charge in [0.25, 0.3) is 0 Å². The summed E-state index contributed by atoms with van der Waals surface area (Å²) in [7, 11) is 0. The number of rotatable bonds is 6. The Balaban J connectivity index is 2.18. The highest BCUT2D eigenvalue weighted by Gasteiger charge is 2.16. The maximum Gasteiger partial charge on any atom is 0.127 e. The van der Waals surface area contributed by atoms with Crippen molar-refractivity contribution in [1.29, 1.82) is 0 Å². The van der Waals surface area contributed by atoms with Crippen molar-refractivity contribution in [2.24, 2.45) is 0 Å². The van der Waals surface area contributed by atoms with E-state index in [9.17, 15) is 8.78 Å². The van der Waals surface area contributed by atoms with Crippen LogP contribution in [0.5, 0.6) is 0 Å². The first-order valence-corrected chi connectivity index (χ1v) is 7.39. The van der Waals surface area contributed by atoms with Crippen LogP contribution < -0.4 is 5.32 Å². The number of likely N-dealkylation sites (N-methyl/N-ethyl adjacent to an activating group) is 1. The van der Waals surface area contributed by atoms with E-state index >= 15 is 0 Å². The summed E-state index contributed by atoms with van der Waals surface area (Å²) >= 11 is 6.07. The second-order valence-corrected chi connectivity index (χ2v) is 5.36. The maximum atomic E-state index is 13.9. The highest BCUT2D eigenvalue weighted by Crippen LogP contribution is 2.22. The molecule has 0 amide bonds. The Kier molecular flexibility index (Phi) is 5.71. The van der Waals surface area contributed by atoms with Gasteiger partial charge in [-0.2, -0.15) is 0 Å². The molecule has 0 radical (unpaired) electrons. The van der Waals surface area contributed by atoms with E-state index < -0.39 is 0 Å². The molecule has 2 aromatic rings. The third-order valence-corrected chi connectivity index (χ3v) is 3.78. The van der Waals surface area contributed by atoms with Crippen LogP contribution in [-0.4, -0.2) is 12.6 Å². The van der Waals surface area contributed by atoms with Crippen LogP contribution in [0.3, 0.4) is 0 Å². The van der Waals surface area contributed by atoms with Crippen molar-refractivity contribution in [3.8, 4) is 0 Å². The minimum absolute atomic E-state index is 0.0682. The zero-order valence-corrected chi connectivity index (χ0v) is 12.6. The van der Waals surface area contributed by atoms with E-state index in [0.29, 0.717) is 29.0 Å². The first-order chi connectivity index (χ1) is 10.1. The Hall–Kier alpha value is -1.45. The molecule has 0 fully saturated rings. The SMILES string of the molecule is CCNC(Cc1ccccc1F)Cc1c(F)cccc1Cl. The average molecular weight is 310 g/mol. The Morgan fingerprint density at radius 2 is 1.71 bits per heavy atom. The number of halogens is 3. The van der Waals surface area contributed by atoms with Crippen LogP contribution in [0.1, 0.15) is 18.1 Å². The number of hydrogen-bond donors (Lipinski definition) is 1. The van der Waals surface area contributed by atoms with Gasteiger partial charge >= 0.3 is 0 Å². The first kappa shape index (κ1) is 15.9. The van der Waals surface area contributed by atoms with Gasteiger partial charge in [0.15, 0.2) is 0 Å². The zero-order valence-electron chi connectivity index (χ0n) is 11.9. The predicted octanol–water partition coefficient (Wildman–Crippen LogP) is 4.38. The smallest absolute Gasteiger partial charge is 0.127 e. The lowest BCUT2D eigenvalue weighted by Crippen LogP contribution is -2.33. The average Bonchev–Trinajstić information content (AvgIpc) is 2.45. The fourth-order valence-corrected chi connectivity index (χ4v) is 2.65. The van der Waals surface area contributed by atoms with E-state index in [1.807, 2.05) is 6.92 Å². The third-order valence-electron chi connectivity index (χ3n) is 3.43. The van der Waals surface area contributed by atoms with Gasteiger partial charge in [-0.25, -0.2) is 8.78 Å². The van der Waals surface area contributed by atoms with Crippen molar-refractivity contribution in [3.63, 3.8) is 0 Å². The summed E-state index contributed by atoms with van der Waals surface area (Å²) in [4.78, 5) is 0. The summed E-state index contributed by atoms with van der Waals surface area (Å²) in [6, 6.07) is 11.2. The standard InChI is InChI=1S/C17H18ClF2N/c1-2-21-13(10-12-6-3-4-8-16(12)19)11-14-15(18)7-5-9-17(14)20/h3-9,13,21H,2,10-11H2,1H3. The van der Waals surface area contributed by atoms with Gasteiger partial charge in [-0.15, -0.1) is 0 Å². The lowest BCUT2D eigenvalue weighted by molar-refractivity contribution is 0.494. The molecule has 0 aromatic heterocycles. The normalized spacial score (nSPS) is 12.4. The lowest BCUT2D eigenvalue weighted by atomic mass is 9.98. The molecule has 0 saturated carbocycles. The minimum atomic E-state index is -0.320. The van der Waals surface area contributed by atoms with Crippen molar-refractivity contribution >= 4 is 11.6 Å². The van der Waals surface area contributed by atoms with Crippen LogP contribution >= 0.6 is 11.6 Å². The molecular formula is C17H18ClF2N. The Morgan fingerprint density at radius 1 is 1.00 bits per heavy atom. The molecule has 0 aliphatic heterocycles. The topological polar surface area (TPSA) is 12.0 Å². The Morgan fingerprint density at radius 3 is 2.38 bits per heavy atom. The molecule has 1 nitrogen and oxygen atoms in total. The molecule has 4 heteroatoms. The maximum absolute atomic E-state index is 13.9. The molecule has 0 heterocycles. The second-order valence-electron chi connectivity index (χ2n) is 4.95. The quantitative estimate of drug-likeness (QED) is 0.835. The number of benzene rings is 2. The third kappa shape index (κ3) is 4.26. The van der Waals surface area contributed by atoms with Gasteiger partial charge in [0, 0.05) is 16.6 Å². The van der Waals surface area contributed by atoms with Crippen LogP contribution in [0.25, 0.3) is 0 Å². The van der Waals surface area contributed by atoms with Crippen molar-refractivity contribution in [3.05, 3.63) is 70.2 Å². The molecule has 0 saturated heterocycles. The van der Waals surface area contributed by atoms with Crippen LogP contribution in [-0.2, 0) is 12.8 Å². The largest absolute Gasteiger partial charge is 0.314 e. The molecule has 1 atom stereocenters. The highest BCUT2D eigenvalue weighted by molar-refractivity contribution is 6.31. The zero-order chi connectivity index (χ0) is 15.2. The molecule has 0 bridgehead atoms. The molecule has 21 heavy (non-hydrogen) atoms. The van der Waals surface area contributed by atoms with Crippen molar-refractivity contribution in [2.75, 3.05) is 6.54 Å². The minimum Gasteiger partial charge on any atom is -0.314 e. The molecule has 112 valence electrons. The van der Waals surface area contributed by atoms with Gasteiger partial charge in [-0.1, -0.05) is 42.8 Å². The van der Waals surface area contributed by atoms with Gasteiger partial charge < -0.3 is 5.32 Å². The van der Waals surface area contributed by atoms with Gasteiger partial charge in [0.05, 0.1) is 0 Å². The summed E-state index contributed by atoms with van der Waals surface area (Å²) in [5, 5.41) is 3.68. The first-order valence-electron chi connectivity index (χ1n) is 7.01. The monoisotopic (exact) mass is 309 g/mol. The number of nitrogens with one attached hydrogen (secondary N) is 1. The molecule has 2 rings (SSSR count). The summed E-state index contributed by atoms with van der Waals surface area (Å²) in [6.07, 6.45) is 0.916. The van der Waals surface area contributed by atoms with E-state index in [1.165, 1.54) is 12.1 Å². The van der Waals surface area contributed by atoms with E-state index in [-0.39, 0.29) is 17.7 Å². The molecule has 0 spiro atoms. The van der Waals surface area contributed by atoms with Gasteiger partial charge in [-0.05, 0) is 43.1 Å². The Bertz CT molecular complexity index is 581. The van der Waals surface area contributed by atoms with Crippen LogP contribution in [0.15, 0.2) is 42.5 Å². The van der Waals surface area contributed by atoms with E-state index in [1.54, 1.807) is 30.3 Å². The van der Waals surface area contributed by atoms with Crippen molar-refractivity contribution in [2.45, 2.75) is 25.8 Å². The molecule has 1 N–H and O–H groups in total. The van der Waals surface area contributed by atoms with Gasteiger partial charge in [0.2, 0.25) is 0 Å². The van der Waals surface area contributed by atoms with Gasteiger partial charge in [0.1, 0.15) is 11.6 Å². The Labute approximate surface area is 128 Å². The summed E-state index contributed by atoms with van der Waals surface area (Å²) in [6.45, 7) is 2.70. The lowest BCUT2D eigenvalue weighted by Gasteiger charge is -2.19. The summed E-state index contributed by atoms with van der Waals surface area (Å²) in [5.74, 6) is -0.557. The van der Waals surface area contributed by atoms with E-state index in [0.717, 1.165) is 6.54 Å². The molecule has 2 aromatic carbocycles. The molecule has 0 aliphatic carbocycles. The van der Waals surface area contributed by atoms with E-state index in [2.05, 4.69) is 5.32 Å². The molecule has 1 unspecified atom stereocenters. The van der Waals surface area contributed by atoms with E-state index in [4.69, 9.17) is 11.6 Å². The molecular weight excluding hydrogens is 292 g/mol. The number of hydrogen-bond acceptors (Lipinski definition) is 1. The van der Waals surface area contributed by atoms with Crippen LogP contribution in [0.4, 0.5) is 8.78 Å². The van der Waals surface area contributed by atoms with Crippen molar-refractivity contribution < 1.29 is 8.78 Å². The van der Waals surface area contributed by atoms with Crippen LogP contribution in [0, 0.1) is 11.6 Å². The predicted molar refractivity (Wildman–Crippen MR) is 82.7 cm³/mol. The fraction of sp³-hybridized carbons (Fsp3) is 0.294. The highest BCUT2D eigenvalue weighted by atomic mass is 35.5. The second kappa shape index (κ2) is 7.53. The van der Waals surface area contributed by atoms with Crippen LogP contribution in [0.2, 0.25) is 5.02 Å². The van der Waals surface area contributed by atoms with Crippen molar-refractivity contribution in [1.82, 2.24) is 5.32 Å². The van der Waals surface area contributed by atoms with Gasteiger partial charge in [-0.3, -0.25) is 0 Å². The summed E-state index contributed by atoms with van der Waals surface area (Å²) in [5.41, 5.74) is 1.09.